The minimum Gasteiger partial charge on any atom is -0.491 e. The summed E-state index contributed by atoms with van der Waals surface area (Å²) in [5, 5.41) is 4.02. The van der Waals surface area contributed by atoms with Crippen LogP contribution in [0, 0.1) is 6.92 Å². The third-order valence-electron chi connectivity index (χ3n) is 5.72. The number of H-pyrrole nitrogens is 1. The minimum absolute atomic E-state index is 0.0209. The van der Waals surface area contributed by atoms with Gasteiger partial charge in [0.1, 0.15) is 23.7 Å². The highest BCUT2D eigenvalue weighted by atomic mass is 19.3. The van der Waals surface area contributed by atoms with E-state index >= 15 is 0 Å². The lowest BCUT2D eigenvalue weighted by molar-refractivity contribution is 0.0681. The van der Waals surface area contributed by atoms with Crippen LogP contribution in [0.5, 0.6) is 11.6 Å². The monoisotopic (exact) mass is 467 g/mol. The molecule has 5 rings (SSSR count). The molecule has 0 bridgehead atoms. The molecule has 34 heavy (non-hydrogen) atoms. The first-order valence-electron chi connectivity index (χ1n) is 10.8. The fourth-order valence-electron chi connectivity index (χ4n) is 4.12. The van der Waals surface area contributed by atoms with E-state index in [1.54, 1.807) is 11.9 Å². The van der Waals surface area contributed by atoms with Gasteiger partial charge in [0.25, 0.3) is 12.3 Å². The van der Waals surface area contributed by atoms with Crippen LogP contribution in [0.15, 0.2) is 42.6 Å². The van der Waals surface area contributed by atoms with Crippen LogP contribution in [0.4, 0.5) is 8.78 Å². The highest BCUT2D eigenvalue weighted by Crippen LogP contribution is 2.31. The standard InChI is InChI=1S/C24H23F2N5O3/c1-14-28-19-5-3-16(10-20(19)29-14)15-4-6-21-17(9-15)12-31(7-8-33-21)23(32)18-11-27-30(2)24(18)34-13-22(25)26/h3-6,9-11,22H,7-8,12-13H2,1-2H3,(H,28,29). The predicted octanol–water partition coefficient (Wildman–Crippen LogP) is 3.95. The normalized spacial score (nSPS) is 13.6. The van der Waals surface area contributed by atoms with Crippen molar-refractivity contribution in [2.45, 2.75) is 19.9 Å². The Labute approximate surface area is 194 Å². The molecule has 0 atom stereocenters. The van der Waals surface area contributed by atoms with Gasteiger partial charge in [-0.2, -0.15) is 5.10 Å². The van der Waals surface area contributed by atoms with Gasteiger partial charge in [0, 0.05) is 19.2 Å². The van der Waals surface area contributed by atoms with E-state index in [1.165, 1.54) is 10.9 Å². The topological polar surface area (TPSA) is 85.3 Å². The number of carbonyl (C=O) groups is 1. The number of nitrogens with one attached hydrogen (secondary N) is 1. The highest BCUT2D eigenvalue weighted by Gasteiger charge is 2.26. The maximum absolute atomic E-state index is 13.3. The smallest absolute Gasteiger partial charge is 0.272 e. The Bertz CT molecular complexity index is 1360. The lowest BCUT2D eigenvalue weighted by Crippen LogP contribution is -2.32. The first kappa shape index (κ1) is 21.9. The summed E-state index contributed by atoms with van der Waals surface area (Å²) >= 11 is 0. The van der Waals surface area contributed by atoms with Gasteiger partial charge in [0.15, 0.2) is 6.61 Å². The Morgan fingerprint density at radius 3 is 2.85 bits per heavy atom. The van der Waals surface area contributed by atoms with Gasteiger partial charge in [0.2, 0.25) is 5.88 Å². The number of rotatable bonds is 5. The highest BCUT2D eigenvalue weighted by molar-refractivity contribution is 5.96. The van der Waals surface area contributed by atoms with E-state index in [2.05, 4.69) is 15.1 Å². The number of ether oxygens (including phenoxy) is 2. The molecule has 10 heteroatoms. The van der Waals surface area contributed by atoms with Gasteiger partial charge in [-0.1, -0.05) is 12.1 Å². The number of nitrogens with zero attached hydrogens (tertiary/aromatic N) is 4. The second-order valence-corrected chi connectivity index (χ2v) is 8.14. The summed E-state index contributed by atoms with van der Waals surface area (Å²) in [4.78, 5) is 22.6. The fourth-order valence-corrected chi connectivity index (χ4v) is 4.12. The van der Waals surface area contributed by atoms with Gasteiger partial charge in [0.05, 0.1) is 23.8 Å². The number of carbonyl (C=O) groups excluding carboxylic acids is 1. The van der Waals surface area contributed by atoms with E-state index in [-0.39, 0.29) is 17.4 Å². The van der Waals surface area contributed by atoms with Crippen molar-refractivity contribution in [1.82, 2.24) is 24.6 Å². The molecule has 1 N–H and O–H groups in total. The molecule has 1 aliphatic rings. The predicted molar refractivity (Wildman–Crippen MR) is 121 cm³/mol. The van der Waals surface area contributed by atoms with Crippen LogP contribution >= 0.6 is 0 Å². The van der Waals surface area contributed by atoms with E-state index in [4.69, 9.17) is 9.47 Å². The Kier molecular flexibility index (Phi) is 5.64. The summed E-state index contributed by atoms with van der Waals surface area (Å²) in [6.45, 7) is 2.06. The Balaban J connectivity index is 1.42. The molecule has 0 aliphatic carbocycles. The van der Waals surface area contributed by atoms with Crippen molar-refractivity contribution in [3.63, 3.8) is 0 Å². The van der Waals surface area contributed by atoms with E-state index < -0.39 is 13.0 Å². The molecule has 0 unspecified atom stereocenters. The van der Waals surface area contributed by atoms with Crippen molar-refractivity contribution in [2.24, 2.45) is 7.05 Å². The summed E-state index contributed by atoms with van der Waals surface area (Å²) in [6, 6.07) is 11.9. The first-order valence-corrected chi connectivity index (χ1v) is 10.8. The molecule has 0 saturated heterocycles. The zero-order valence-electron chi connectivity index (χ0n) is 18.7. The Hall–Kier alpha value is -3.95. The van der Waals surface area contributed by atoms with Crippen LogP contribution < -0.4 is 9.47 Å². The number of aromatic amines is 1. The van der Waals surface area contributed by atoms with Crippen molar-refractivity contribution in [1.29, 1.82) is 0 Å². The maximum atomic E-state index is 13.3. The number of fused-ring (bicyclic) bond motifs is 2. The molecule has 8 nitrogen and oxygen atoms in total. The van der Waals surface area contributed by atoms with E-state index in [9.17, 15) is 13.6 Å². The van der Waals surface area contributed by atoms with Crippen molar-refractivity contribution >= 4 is 16.9 Å². The average Bonchev–Trinajstić information content (AvgIpc) is 3.29. The molecule has 0 radical (unpaired) electrons. The molecule has 1 aliphatic heterocycles. The Morgan fingerprint density at radius 2 is 2.03 bits per heavy atom. The number of hydrogen-bond donors (Lipinski definition) is 1. The van der Waals surface area contributed by atoms with E-state index in [0.29, 0.717) is 25.4 Å². The second-order valence-electron chi connectivity index (χ2n) is 8.14. The summed E-state index contributed by atoms with van der Waals surface area (Å²) in [5.74, 6) is 1.22. The van der Waals surface area contributed by atoms with Gasteiger partial charge in [-0.05, 0) is 42.3 Å². The van der Waals surface area contributed by atoms with Crippen molar-refractivity contribution in [2.75, 3.05) is 19.8 Å². The molecule has 2 aromatic carbocycles. The fraction of sp³-hybridized carbons (Fsp3) is 0.292. The van der Waals surface area contributed by atoms with Crippen molar-refractivity contribution in [3.8, 4) is 22.8 Å². The molecule has 3 heterocycles. The number of amides is 1. The van der Waals surface area contributed by atoms with Gasteiger partial charge in [-0.15, -0.1) is 0 Å². The third kappa shape index (κ3) is 4.18. The molecule has 2 aromatic heterocycles. The van der Waals surface area contributed by atoms with E-state index in [1.807, 2.05) is 43.3 Å². The molecular weight excluding hydrogens is 444 g/mol. The number of aromatic nitrogens is 4. The summed E-state index contributed by atoms with van der Waals surface area (Å²) in [6.07, 6.45) is -1.31. The summed E-state index contributed by atoms with van der Waals surface area (Å²) in [7, 11) is 1.54. The van der Waals surface area contributed by atoms with Gasteiger partial charge in [-0.25, -0.2) is 18.4 Å². The molecule has 176 valence electrons. The second kappa shape index (κ2) is 8.77. The molecule has 0 spiro atoms. The van der Waals surface area contributed by atoms with Gasteiger partial charge >= 0.3 is 0 Å². The number of benzene rings is 2. The summed E-state index contributed by atoms with van der Waals surface area (Å²) in [5.41, 5.74) is 4.83. The molecular formula is C24H23F2N5O3. The molecule has 0 fully saturated rings. The van der Waals surface area contributed by atoms with Crippen LogP contribution in [-0.2, 0) is 13.6 Å². The van der Waals surface area contributed by atoms with Gasteiger partial charge in [-0.3, -0.25) is 4.79 Å². The van der Waals surface area contributed by atoms with Crippen LogP contribution in [0.3, 0.4) is 0 Å². The van der Waals surface area contributed by atoms with Crippen molar-refractivity contribution in [3.05, 3.63) is 59.5 Å². The Morgan fingerprint density at radius 1 is 1.24 bits per heavy atom. The quantitative estimate of drug-likeness (QED) is 0.481. The number of halogens is 2. The van der Waals surface area contributed by atoms with Crippen LogP contribution in [0.25, 0.3) is 22.2 Å². The van der Waals surface area contributed by atoms with Crippen LogP contribution in [0.2, 0.25) is 0 Å². The maximum Gasteiger partial charge on any atom is 0.272 e. The van der Waals surface area contributed by atoms with Gasteiger partial charge < -0.3 is 19.4 Å². The largest absolute Gasteiger partial charge is 0.491 e. The zero-order chi connectivity index (χ0) is 23.8. The first-order chi connectivity index (χ1) is 16.4. The lowest BCUT2D eigenvalue weighted by atomic mass is 10.0. The van der Waals surface area contributed by atoms with Crippen LogP contribution in [0.1, 0.15) is 21.7 Å². The molecule has 1 amide bonds. The minimum atomic E-state index is -2.65. The lowest BCUT2D eigenvalue weighted by Gasteiger charge is -2.20. The number of hydrogen-bond acceptors (Lipinski definition) is 5. The number of aryl methyl sites for hydroxylation is 2. The van der Waals surface area contributed by atoms with E-state index in [0.717, 1.165) is 33.5 Å². The summed E-state index contributed by atoms with van der Waals surface area (Å²) < 4.78 is 37.6. The zero-order valence-corrected chi connectivity index (χ0v) is 18.7. The number of imidazole rings is 1. The SMILES string of the molecule is Cc1nc2ccc(-c3ccc4c(c3)CN(C(=O)c3cnn(C)c3OCC(F)F)CCO4)cc2[nH]1. The third-order valence-corrected chi connectivity index (χ3v) is 5.72. The van der Waals surface area contributed by atoms with Crippen LogP contribution in [-0.4, -0.2) is 56.7 Å². The number of alkyl halides is 2. The van der Waals surface area contributed by atoms with Crippen molar-refractivity contribution < 1.29 is 23.0 Å². The average molecular weight is 467 g/mol. The molecule has 4 aromatic rings. The molecule has 0 saturated carbocycles.